The minimum Gasteiger partial charge on any atom is -0.368 e. The van der Waals surface area contributed by atoms with E-state index in [-0.39, 0.29) is 0 Å². The second-order valence-corrected chi connectivity index (χ2v) is 5.75. The van der Waals surface area contributed by atoms with E-state index in [1.807, 2.05) is 17.0 Å². The fraction of sp³-hybridized carbons (Fsp3) is 0.235. The molecule has 1 fully saturated rings. The lowest BCUT2D eigenvalue weighted by atomic mass is 10.1. The Labute approximate surface area is 143 Å². The normalized spacial score (nSPS) is 14.4. The highest BCUT2D eigenvalue weighted by atomic mass is 19.1. The highest BCUT2D eigenvalue weighted by molar-refractivity contribution is 5.93. The molecule has 0 bridgehead atoms. The number of primary amides is 1. The van der Waals surface area contributed by atoms with Crippen LogP contribution in [0.5, 0.6) is 0 Å². The standard InChI is InChI=1S/C17H17FN4O3/c18-14-2-1-3-15(16(14)22(24)25)21-10-8-20(9-11-21)13-6-4-12(5-7-13)17(19)23/h1-7H,8-11H2,(H2,19,23). The number of carbonyl (C=O) groups is 1. The number of benzene rings is 2. The van der Waals surface area contributed by atoms with E-state index in [1.165, 1.54) is 6.07 Å². The van der Waals surface area contributed by atoms with Gasteiger partial charge in [0.2, 0.25) is 11.7 Å². The second-order valence-electron chi connectivity index (χ2n) is 5.75. The van der Waals surface area contributed by atoms with E-state index in [0.29, 0.717) is 37.4 Å². The maximum absolute atomic E-state index is 13.8. The summed E-state index contributed by atoms with van der Waals surface area (Å²) < 4.78 is 13.8. The molecule has 0 aliphatic carbocycles. The van der Waals surface area contributed by atoms with E-state index in [0.717, 1.165) is 11.8 Å². The molecule has 130 valence electrons. The van der Waals surface area contributed by atoms with Crippen LogP contribution in [0.15, 0.2) is 42.5 Å². The molecule has 0 saturated carbocycles. The summed E-state index contributed by atoms with van der Waals surface area (Å²) in [7, 11) is 0. The molecule has 3 rings (SSSR count). The van der Waals surface area contributed by atoms with Crippen LogP contribution in [-0.4, -0.2) is 37.0 Å². The molecule has 0 spiro atoms. The lowest BCUT2D eigenvalue weighted by Crippen LogP contribution is -2.46. The van der Waals surface area contributed by atoms with Crippen molar-refractivity contribution in [2.24, 2.45) is 5.73 Å². The van der Waals surface area contributed by atoms with Crippen LogP contribution >= 0.6 is 0 Å². The molecule has 0 aromatic heterocycles. The molecule has 2 aromatic rings. The summed E-state index contributed by atoms with van der Waals surface area (Å²) in [5.41, 5.74) is 6.43. The maximum Gasteiger partial charge on any atom is 0.327 e. The van der Waals surface area contributed by atoms with Crippen molar-refractivity contribution in [1.29, 1.82) is 0 Å². The number of rotatable bonds is 4. The molecule has 2 N–H and O–H groups in total. The van der Waals surface area contributed by atoms with Crippen LogP contribution in [0, 0.1) is 15.9 Å². The number of hydrogen-bond acceptors (Lipinski definition) is 5. The molecular weight excluding hydrogens is 327 g/mol. The maximum atomic E-state index is 13.8. The second kappa shape index (κ2) is 6.76. The van der Waals surface area contributed by atoms with Gasteiger partial charge in [0, 0.05) is 37.4 Å². The lowest BCUT2D eigenvalue weighted by Gasteiger charge is -2.37. The third-order valence-electron chi connectivity index (χ3n) is 4.29. The highest BCUT2D eigenvalue weighted by Crippen LogP contribution is 2.31. The quantitative estimate of drug-likeness (QED) is 0.678. The van der Waals surface area contributed by atoms with Crippen molar-refractivity contribution in [3.05, 3.63) is 64.0 Å². The first kappa shape index (κ1) is 16.7. The zero-order valence-electron chi connectivity index (χ0n) is 13.4. The van der Waals surface area contributed by atoms with Gasteiger partial charge in [-0.25, -0.2) is 0 Å². The average Bonchev–Trinajstić information content (AvgIpc) is 2.61. The Bertz CT molecular complexity index is 802. The first-order valence-corrected chi connectivity index (χ1v) is 7.80. The zero-order valence-corrected chi connectivity index (χ0v) is 13.4. The summed E-state index contributed by atoms with van der Waals surface area (Å²) in [5.74, 6) is -1.30. The smallest absolute Gasteiger partial charge is 0.327 e. The summed E-state index contributed by atoms with van der Waals surface area (Å²) in [6, 6.07) is 11.1. The van der Waals surface area contributed by atoms with Crippen LogP contribution < -0.4 is 15.5 Å². The monoisotopic (exact) mass is 344 g/mol. The predicted molar refractivity (Wildman–Crippen MR) is 92.4 cm³/mol. The first-order valence-electron chi connectivity index (χ1n) is 7.80. The van der Waals surface area contributed by atoms with Gasteiger partial charge in [-0.05, 0) is 36.4 Å². The molecule has 0 radical (unpaired) electrons. The van der Waals surface area contributed by atoms with Gasteiger partial charge in [-0.3, -0.25) is 14.9 Å². The van der Waals surface area contributed by atoms with E-state index in [4.69, 9.17) is 5.73 Å². The Morgan fingerprint density at radius 2 is 1.64 bits per heavy atom. The van der Waals surface area contributed by atoms with Gasteiger partial charge in [0.1, 0.15) is 5.69 Å². The van der Waals surface area contributed by atoms with Crippen molar-refractivity contribution in [3.8, 4) is 0 Å². The van der Waals surface area contributed by atoms with Crippen LogP contribution in [0.1, 0.15) is 10.4 Å². The fourth-order valence-corrected chi connectivity index (χ4v) is 2.98. The number of nitrogens with two attached hydrogens (primary N) is 1. The summed E-state index contributed by atoms with van der Waals surface area (Å²) in [6.07, 6.45) is 0. The van der Waals surface area contributed by atoms with Gasteiger partial charge in [0.15, 0.2) is 0 Å². The Hall–Kier alpha value is -3.16. The molecule has 1 amide bonds. The number of anilines is 2. The topological polar surface area (TPSA) is 92.7 Å². The first-order chi connectivity index (χ1) is 12.0. The Morgan fingerprint density at radius 1 is 1.04 bits per heavy atom. The van der Waals surface area contributed by atoms with Crippen molar-refractivity contribution in [2.45, 2.75) is 0 Å². The molecular formula is C17H17FN4O3. The van der Waals surface area contributed by atoms with Crippen LogP contribution in [0.4, 0.5) is 21.5 Å². The molecule has 1 saturated heterocycles. The van der Waals surface area contributed by atoms with E-state index in [2.05, 4.69) is 4.90 Å². The number of halogens is 1. The number of carbonyl (C=O) groups excluding carboxylic acids is 1. The number of para-hydroxylation sites is 1. The molecule has 7 nitrogen and oxygen atoms in total. The number of amides is 1. The summed E-state index contributed by atoms with van der Waals surface area (Å²) in [5, 5.41) is 11.1. The molecule has 1 aliphatic rings. The number of hydrogen-bond donors (Lipinski definition) is 1. The van der Waals surface area contributed by atoms with Gasteiger partial charge >= 0.3 is 5.69 Å². The lowest BCUT2D eigenvalue weighted by molar-refractivity contribution is -0.386. The molecule has 8 heteroatoms. The minimum absolute atomic E-state index is 0.300. The molecule has 1 heterocycles. The van der Waals surface area contributed by atoms with Gasteiger partial charge in [0.25, 0.3) is 0 Å². The zero-order chi connectivity index (χ0) is 18.0. The van der Waals surface area contributed by atoms with Crippen LogP contribution in [0.25, 0.3) is 0 Å². The van der Waals surface area contributed by atoms with E-state index in [1.54, 1.807) is 18.2 Å². The summed E-state index contributed by atoms with van der Waals surface area (Å²) >= 11 is 0. The fourth-order valence-electron chi connectivity index (χ4n) is 2.98. The summed E-state index contributed by atoms with van der Waals surface area (Å²) in [6.45, 7) is 2.32. The van der Waals surface area contributed by atoms with Gasteiger partial charge in [0.05, 0.1) is 4.92 Å². The molecule has 0 atom stereocenters. The van der Waals surface area contributed by atoms with Crippen molar-refractivity contribution in [1.82, 2.24) is 0 Å². The minimum atomic E-state index is -0.827. The molecule has 1 aliphatic heterocycles. The largest absolute Gasteiger partial charge is 0.368 e. The Morgan fingerprint density at radius 3 is 2.20 bits per heavy atom. The van der Waals surface area contributed by atoms with Crippen LogP contribution in [-0.2, 0) is 0 Å². The van der Waals surface area contributed by atoms with Gasteiger partial charge in [-0.2, -0.15) is 4.39 Å². The van der Waals surface area contributed by atoms with Crippen LogP contribution in [0.3, 0.4) is 0 Å². The average molecular weight is 344 g/mol. The van der Waals surface area contributed by atoms with Gasteiger partial charge in [-0.15, -0.1) is 0 Å². The van der Waals surface area contributed by atoms with Crippen molar-refractivity contribution >= 4 is 23.0 Å². The van der Waals surface area contributed by atoms with Crippen LogP contribution in [0.2, 0.25) is 0 Å². The number of nitro groups is 1. The van der Waals surface area contributed by atoms with Crippen molar-refractivity contribution in [2.75, 3.05) is 36.0 Å². The number of nitrogens with zero attached hydrogens (tertiary/aromatic N) is 3. The number of piperazine rings is 1. The molecule has 0 unspecified atom stereocenters. The Kier molecular flexibility index (Phi) is 4.51. The van der Waals surface area contributed by atoms with E-state index >= 15 is 0 Å². The molecule has 25 heavy (non-hydrogen) atoms. The van der Waals surface area contributed by atoms with E-state index < -0.39 is 22.3 Å². The SMILES string of the molecule is NC(=O)c1ccc(N2CCN(c3cccc(F)c3[N+](=O)[O-])CC2)cc1. The van der Waals surface area contributed by atoms with Crippen molar-refractivity contribution in [3.63, 3.8) is 0 Å². The third kappa shape index (κ3) is 3.37. The predicted octanol–water partition coefficient (Wildman–Crippen LogP) is 2.16. The van der Waals surface area contributed by atoms with Gasteiger partial charge < -0.3 is 15.5 Å². The third-order valence-corrected chi connectivity index (χ3v) is 4.29. The van der Waals surface area contributed by atoms with Crippen molar-refractivity contribution < 1.29 is 14.1 Å². The number of nitro benzene ring substituents is 1. The highest BCUT2D eigenvalue weighted by Gasteiger charge is 2.26. The van der Waals surface area contributed by atoms with E-state index in [9.17, 15) is 19.3 Å². The Balaban J connectivity index is 1.73. The molecule has 2 aromatic carbocycles. The summed E-state index contributed by atoms with van der Waals surface area (Å²) in [4.78, 5) is 25.5. The van der Waals surface area contributed by atoms with Gasteiger partial charge in [-0.1, -0.05) is 6.07 Å².